The van der Waals surface area contributed by atoms with Gasteiger partial charge in [0.05, 0.1) is 7.11 Å². The van der Waals surface area contributed by atoms with Gasteiger partial charge in [0.1, 0.15) is 6.04 Å². The van der Waals surface area contributed by atoms with Gasteiger partial charge in [-0.25, -0.2) is 4.79 Å². The summed E-state index contributed by atoms with van der Waals surface area (Å²) in [5, 5.41) is 2.68. The van der Waals surface area contributed by atoms with Crippen molar-refractivity contribution in [3.63, 3.8) is 0 Å². The molecule has 0 spiro atoms. The van der Waals surface area contributed by atoms with Crippen molar-refractivity contribution in [3.05, 3.63) is 35.9 Å². The van der Waals surface area contributed by atoms with E-state index in [0.717, 1.165) is 24.2 Å². The number of amides is 2. The van der Waals surface area contributed by atoms with Gasteiger partial charge < -0.3 is 15.0 Å². The second-order valence-corrected chi connectivity index (χ2v) is 6.79. The second-order valence-electron chi connectivity index (χ2n) is 6.79. The van der Waals surface area contributed by atoms with Crippen LogP contribution in [0.15, 0.2) is 30.3 Å². The summed E-state index contributed by atoms with van der Waals surface area (Å²) in [4.78, 5) is 37.4. The summed E-state index contributed by atoms with van der Waals surface area (Å²) in [7, 11) is 1.31. The van der Waals surface area contributed by atoms with Crippen molar-refractivity contribution in [1.29, 1.82) is 0 Å². The van der Waals surface area contributed by atoms with Gasteiger partial charge in [0, 0.05) is 24.7 Å². The Balaban J connectivity index is 1.96. The number of hydrogen-bond acceptors (Lipinski definition) is 4. The number of carbonyl (C=O) groups is 3. The number of methoxy groups -OCH3 is 1. The number of hydrogen-bond donors (Lipinski definition) is 1. The lowest BCUT2D eigenvalue weighted by Crippen LogP contribution is -2.41. The monoisotopic (exact) mass is 358 g/mol. The SMILES string of the molecule is COC(=O)C(CC(C)C)NC(=O)/C=C/c1ccc(N2CCCC2=O)cc1. The minimum atomic E-state index is -0.652. The van der Waals surface area contributed by atoms with Gasteiger partial charge in [0.2, 0.25) is 11.8 Å². The molecular weight excluding hydrogens is 332 g/mol. The minimum Gasteiger partial charge on any atom is -0.467 e. The number of nitrogens with zero attached hydrogens (tertiary/aromatic N) is 1. The molecule has 2 rings (SSSR count). The molecule has 1 atom stereocenters. The number of nitrogens with one attached hydrogen (secondary N) is 1. The first kappa shape index (κ1) is 19.7. The topological polar surface area (TPSA) is 75.7 Å². The van der Waals surface area contributed by atoms with Crippen LogP contribution in [0.1, 0.15) is 38.7 Å². The quantitative estimate of drug-likeness (QED) is 0.600. The van der Waals surface area contributed by atoms with Crippen molar-refractivity contribution in [2.75, 3.05) is 18.6 Å². The van der Waals surface area contributed by atoms with Crippen LogP contribution < -0.4 is 10.2 Å². The molecule has 0 radical (unpaired) electrons. The number of ether oxygens (including phenoxy) is 1. The first-order valence-corrected chi connectivity index (χ1v) is 8.87. The van der Waals surface area contributed by atoms with Gasteiger partial charge in [0.25, 0.3) is 0 Å². The maximum absolute atomic E-state index is 12.1. The van der Waals surface area contributed by atoms with E-state index in [1.807, 2.05) is 38.1 Å². The van der Waals surface area contributed by atoms with E-state index >= 15 is 0 Å². The number of benzene rings is 1. The molecule has 0 saturated carbocycles. The van der Waals surface area contributed by atoms with Crippen LogP contribution in [0.5, 0.6) is 0 Å². The predicted molar refractivity (Wildman–Crippen MR) is 100 cm³/mol. The highest BCUT2D eigenvalue weighted by Crippen LogP contribution is 2.21. The molecule has 2 amide bonds. The fourth-order valence-corrected chi connectivity index (χ4v) is 2.91. The molecule has 1 saturated heterocycles. The first-order valence-electron chi connectivity index (χ1n) is 8.87. The largest absolute Gasteiger partial charge is 0.467 e. The second kappa shape index (κ2) is 9.17. The summed E-state index contributed by atoms with van der Waals surface area (Å²) in [5.41, 5.74) is 1.71. The molecule has 1 aromatic carbocycles. The molecule has 1 heterocycles. The van der Waals surface area contributed by atoms with Crippen molar-refractivity contribution in [3.8, 4) is 0 Å². The summed E-state index contributed by atoms with van der Waals surface area (Å²) in [6.45, 7) is 4.70. The van der Waals surface area contributed by atoms with Gasteiger partial charge in [-0.05, 0) is 42.5 Å². The van der Waals surface area contributed by atoms with Crippen LogP contribution in [0.4, 0.5) is 5.69 Å². The molecule has 6 heteroatoms. The van der Waals surface area contributed by atoms with Gasteiger partial charge in [0.15, 0.2) is 0 Å². The molecule has 0 aromatic heterocycles. The summed E-state index contributed by atoms with van der Waals surface area (Å²) < 4.78 is 4.74. The van der Waals surface area contributed by atoms with Crippen LogP contribution in [0.2, 0.25) is 0 Å². The van der Waals surface area contributed by atoms with Crippen molar-refractivity contribution < 1.29 is 19.1 Å². The number of esters is 1. The van der Waals surface area contributed by atoms with Crippen LogP contribution >= 0.6 is 0 Å². The Labute approximate surface area is 154 Å². The summed E-state index contributed by atoms with van der Waals surface area (Å²) in [6.07, 6.45) is 5.07. The number of anilines is 1. The minimum absolute atomic E-state index is 0.145. The lowest BCUT2D eigenvalue weighted by molar-refractivity contribution is -0.145. The van der Waals surface area contributed by atoms with Gasteiger partial charge in [-0.15, -0.1) is 0 Å². The first-order chi connectivity index (χ1) is 12.4. The third kappa shape index (κ3) is 5.44. The fraction of sp³-hybridized carbons (Fsp3) is 0.450. The molecule has 1 fully saturated rings. The van der Waals surface area contributed by atoms with Crippen molar-refractivity contribution in [2.45, 2.75) is 39.2 Å². The zero-order valence-corrected chi connectivity index (χ0v) is 15.5. The average molecular weight is 358 g/mol. The normalized spacial score (nSPS) is 15.5. The van der Waals surface area contributed by atoms with Crippen molar-refractivity contribution in [1.82, 2.24) is 5.32 Å². The van der Waals surface area contributed by atoms with E-state index in [9.17, 15) is 14.4 Å². The summed E-state index contributed by atoms with van der Waals surface area (Å²) in [5.74, 6) is -0.393. The molecule has 1 unspecified atom stereocenters. The number of rotatable bonds is 7. The molecule has 1 aromatic rings. The molecule has 1 N–H and O–H groups in total. The highest BCUT2D eigenvalue weighted by molar-refractivity contribution is 5.96. The van der Waals surface area contributed by atoms with E-state index in [-0.39, 0.29) is 17.7 Å². The smallest absolute Gasteiger partial charge is 0.328 e. The third-order valence-corrected chi connectivity index (χ3v) is 4.21. The lowest BCUT2D eigenvalue weighted by Gasteiger charge is -2.17. The van der Waals surface area contributed by atoms with E-state index in [4.69, 9.17) is 4.74 Å². The van der Waals surface area contributed by atoms with Crippen molar-refractivity contribution in [2.24, 2.45) is 5.92 Å². The Kier molecular flexibility index (Phi) is 6.95. The molecule has 6 nitrogen and oxygen atoms in total. The highest BCUT2D eigenvalue weighted by atomic mass is 16.5. The van der Waals surface area contributed by atoms with E-state index in [2.05, 4.69) is 5.32 Å². The molecular formula is C20H26N2O4. The zero-order valence-electron chi connectivity index (χ0n) is 15.5. The Morgan fingerprint density at radius 1 is 1.27 bits per heavy atom. The van der Waals surface area contributed by atoms with Crippen LogP contribution in [0.25, 0.3) is 6.08 Å². The van der Waals surface area contributed by atoms with Crippen LogP contribution in [-0.2, 0) is 19.1 Å². The van der Waals surface area contributed by atoms with Crippen LogP contribution in [-0.4, -0.2) is 37.5 Å². The predicted octanol–water partition coefficient (Wildman–Crippen LogP) is 2.53. The van der Waals surface area contributed by atoms with Crippen LogP contribution in [0.3, 0.4) is 0 Å². The highest BCUT2D eigenvalue weighted by Gasteiger charge is 2.22. The Morgan fingerprint density at radius 3 is 2.50 bits per heavy atom. The maximum atomic E-state index is 12.1. The molecule has 1 aliphatic rings. The Bertz CT molecular complexity index is 680. The number of carbonyl (C=O) groups excluding carboxylic acids is 3. The summed E-state index contributed by atoms with van der Waals surface area (Å²) in [6, 6.07) is 6.81. The van der Waals surface area contributed by atoms with Gasteiger partial charge in [-0.2, -0.15) is 0 Å². The summed E-state index contributed by atoms with van der Waals surface area (Å²) >= 11 is 0. The van der Waals surface area contributed by atoms with E-state index < -0.39 is 12.0 Å². The lowest BCUT2D eigenvalue weighted by atomic mass is 10.0. The Hall–Kier alpha value is -2.63. The van der Waals surface area contributed by atoms with E-state index in [0.29, 0.717) is 12.8 Å². The van der Waals surface area contributed by atoms with Gasteiger partial charge in [-0.1, -0.05) is 26.0 Å². The molecule has 140 valence electrons. The standard InChI is InChI=1S/C20H26N2O4/c1-14(2)13-17(20(25)26-3)21-18(23)11-8-15-6-9-16(10-7-15)22-12-4-5-19(22)24/h6-11,14,17H,4-5,12-13H2,1-3H3,(H,21,23)/b11-8+. The average Bonchev–Trinajstić information content (AvgIpc) is 3.04. The van der Waals surface area contributed by atoms with Crippen LogP contribution in [0, 0.1) is 5.92 Å². The molecule has 0 bridgehead atoms. The van der Waals surface area contributed by atoms with Gasteiger partial charge >= 0.3 is 5.97 Å². The Morgan fingerprint density at radius 2 is 1.96 bits per heavy atom. The molecule has 0 aliphatic carbocycles. The third-order valence-electron chi connectivity index (χ3n) is 4.21. The van der Waals surface area contributed by atoms with E-state index in [1.165, 1.54) is 13.2 Å². The van der Waals surface area contributed by atoms with Gasteiger partial charge in [-0.3, -0.25) is 9.59 Å². The fourth-order valence-electron chi connectivity index (χ4n) is 2.91. The molecule has 1 aliphatic heterocycles. The maximum Gasteiger partial charge on any atom is 0.328 e. The molecule has 26 heavy (non-hydrogen) atoms. The van der Waals surface area contributed by atoms with E-state index in [1.54, 1.807) is 11.0 Å². The van der Waals surface area contributed by atoms with Crippen molar-refractivity contribution >= 4 is 29.5 Å². The zero-order chi connectivity index (χ0) is 19.1.